The topological polar surface area (TPSA) is 40.5 Å². The van der Waals surface area contributed by atoms with Gasteiger partial charge in [0.25, 0.3) is 0 Å². The highest BCUT2D eigenvalue weighted by Gasteiger charge is 2.15. The van der Waals surface area contributed by atoms with Crippen LogP contribution in [0.1, 0.15) is 33.4 Å². The van der Waals surface area contributed by atoms with E-state index in [1.807, 2.05) is 97.1 Å². The van der Waals surface area contributed by atoms with Crippen LogP contribution in [0.15, 0.2) is 109 Å². The minimum atomic E-state index is 0.236. The first-order chi connectivity index (χ1) is 18.6. The van der Waals surface area contributed by atoms with Gasteiger partial charge in [0.1, 0.15) is 11.5 Å². The minimum Gasteiger partial charge on any atom is -0.507 e. The molecule has 0 aliphatic rings. The van der Waals surface area contributed by atoms with E-state index in [2.05, 4.69) is 11.8 Å². The molecule has 0 saturated carbocycles. The largest absolute Gasteiger partial charge is 0.507 e. The average molecular weight is 491 g/mol. The lowest BCUT2D eigenvalue weighted by Gasteiger charge is -2.16. The molecule has 0 heterocycles. The van der Waals surface area contributed by atoms with Gasteiger partial charge in [-0.15, -0.1) is 12.8 Å². The first-order valence-electron chi connectivity index (χ1n) is 12.4. The van der Waals surface area contributed by atoms with Crippen LogP contribution in [0.3, 0.4) is 0 Å². The van der Waals surface area contributed by atoms with Crippen LogP contribution in [-0.2, 0) is 12.8 Å². The maximum atomic E-state index is 10.5. The Hall–Kier alpha value is -5.18. The molecule has 0 bridgehead atoms. The Balaban J connectivity index is 1.54. The van der Waals surface area contributed by atoms with Crippen molar-refractivity contribution in [1.82, 2.24) is 0 Å². The van der Waals surface area contributed by atoms with Crippen molar-refractivity contribution in [2.75, 3.05) is 0 Å². The zero-order chi connectivity index (χ0) is 26.5. The Morgan fingerprint density at radius 1 is 0.447 bits per heavy atom. The number of phenols is 2. The van der Waals surface area contributed by atoms with Gasteiger partial charge >= 0.3 is 0 Å². The van der Waals surface area contributed by atoms with Crippen molar-refractivity contribution in [1.29, 1.82) is 0 Å². The fourth-order valence-corrected chi connectivity index (χ4v) is 4.94. The zero-order valence-electron chi connectivity index (χ0n) is 20.9. The highest BCUT2D eigenvalue weighted by molar-refractivity contribution is 5.75. The summed E-state index contributed by atoms with van der Waals surface area (Å²) < 4.78 is 0. The van der Waals surface area contributed by atoms with Crippen LogP contribution in [0.5, 0.6) is 11.5 Å². The standard InChI is InChI=1S/C36H26O2/c1-3-25-21-30(24-28-14-6-8-16-32(28)34-18-10-12-20-36(34)38)26(4-2)22-29(25)23-27-13-5-7-15-31(27)33-17-9-11-19-35(33)37/h1-2,5-22,37-38H,23-24H2. The molecule has 0 aromatic heterocycles. The predicted octanol–water partition coefficient (Wildman–Crippen LogP) is 7.58. The summed E-state index contributed by atoms with van der Waals surface area (Å²) in [5.41, 5.74) is 9.05. The van der Waals surface area contributed by atoms with E-state index < -0.39 is 0 Å². The molecule has 0 amide bonds. The monoisotopic (exact) mass is 490 g/mol. The van der Waals surface area contributed by atoms with Crippen LogP contribution < -0.4 is 0 Å². The third kappa shape index (κ3) is 4.90. The smallest absolute Gasteiger partial charge is 0.123 e. The molecule has 2 nitrogen and oxygen atoms in total. The number of hydrogen-bond donors (Lipinski definition) is 2. The summed E-state index contributed by atoms with van der Waals surface area (Å²) in [5, 5.41) is 20.9. The molecule has 0 aliphatic heterocycles. The SMILES string of the molecule is C#Cc1cc(Cc2ccccc2-c2ccccc2O)c(C#C)cc1Cc1ccccc1-c1ccccc1O. The fourth-order valence-electron chi connectivity index (χ4n) is 4.94. The highest BCUT2D eigenvalue weighted by Crippen LogP contribution is 2.35. The van der Waals surface area contributed by atoms with E-state index in [4.69, 9.17) is 12.8 Å². The number of rotatable bonds is 6. The van der Waals surface area contributed by atoms with E-state index in [1.165, 1.54) is 0 Å². The Kier molecular flexibility index (Phi) is 6.99. The molecule has 0 saturated heterocycles. The molecule has 0 spiro atoms. The Bertz CT molecular complexity index is 1580. The van der Waals surface area contributed by atoms with E-state index in [1.54, 1.807) is 12.1 Å². The van der Waals surface area contributed by atoms with Gasteiger partial charge in [-0.3, -0.25) is 0 Å². The molecule has 182 valence electrons. The van der Waals surface area contributed by atoms with Gasteiger partial charge in [-0.25, -0.2) is 0 Å². The fraction of sp³-hybridized carbons (Fsp3) is 0.0556. The zero-order valence-corrected chi connectivity index (χ0v) is 20.9. The van der Waals surface area contributed by atoms with E-state index >= 15 is 0 Å². The van der Waals surface area contributed by atoms with Gasteiger partial charge in [-0.05, 0) is 70.5 Å². The van der Waals surface area contributed by atoms with Crippen LogP contribution in [0.25, 0.3) is 22.3 Å². The molecule has 2 heteroatoms. The normalized spacial score (nSPS) is 10.5. The van der Waals surface area contributed by atoms with Crippen LogP contribution in [0.4, 0.5) is 0 Å². The molecule has 0 fully saturated rings. The first-order valence-corrected chi connectivity index (χ1v) is 12.4. The van der Waals surface area contributed by atoms with Gasteiger partial charge in [0.15, 0.2) is 0 Å². The lowest BCUT2D eigenvalue weighted by atomic mass is 9.88. The summed E-state index contributed by atoms with van der Waals surface area (Å²) in [5.74, 6) is 6.19. The molecule has 5 aromatic rings. The lowest BCUT2D eigenvalue weighted by molar-refractivity contribution is 0.477. The van der Waals surface area contributed by atoms with Crippen LogP contribution in [0.2, 0.25) is 0 Å². The number of phenolic OH excluding ortho intramolecular Hbond substituents is 2. The van der Waals surface area contributed by atoms with Crippen LogP contribution in [-0.4, -0.2) is 10.2 Å². The van der Waals surface area contributed by atoms with Crippen LogP contribution >= 0.6 is 0 Å². The summed E-state index contributed by atoms with van der Waals surface area (Å²) in [7, 11) is 0. The summed E-state index contributed by atoms with van der Waals surface area (Å²) in [6, 6.07) is 34.7. The van der Waals surface area contributed by atoms with Crippen molar-refractivity contribution in [3.05, 3.63) is 143 Å². The predicted molar refractivity (Wildman–Crippen MR) is 155 cm³/mol. The molecular formula is C36H26O2. The van der Waals surface area contributed by atoms with Crippen LogP contribution in [0, 0.1) is 24.7 Å². The molecule has 2 N–H and O–H groups in total. The third-order valence-corrected chi connectivity index (χ3v) is 6.83. The molecular weight excluding hydrogens is 464 g/mol. The molecule has 0 unspecified atom stereocenters. The summed E-state index contributed by atoms with van der Waals surface area (Å²) >= 11 is 0. The van der Waals surface area contributed by atoms with Gasteiger partial charge < -0.3 is 10.2 Å². The van der Waals surface area contributed by atoms with E-state index in [0.29, 0.717) is 12.8 Å². The second-order valence-corrected chi connectivity index (χ2v) is 9.16. The van der Waals surface area contributed by atoms with Gasteiger partial charge in [0.05, 0.1) is 0 Å². The maximum Gasteiger partial charge on any atom is 0.123 e. The quantitative estimate of drug-likeness (QED) is 0.241. The van der Waals surface area contributed by atoms with Crippen molar-refractivity contribution in [2.24, 2.45) is 0 Å². The van der Waals surface area contributed by atoms with E-state index in [0.717, 1.165) is 55.6 Å². The molecule has 0 aliphatic carbocycles. The Labute approximate surface area is 223 Å². The molecule has 5 rings (SSSR count). The second-order valence-electron chi connectivity index (χ2n) is 9.16. The van der Waals surface area contributed by atoms with Crippen molar-refractivity contribution < 1.29 is 10.2 Å². The summed E-state index contributed by atoms with van der Waals surface area (Å²) in [6.45, 7) is 0. The van der Waals surface area contributed by atoms with Gasteiger partial charge in [-0.2, -0.15) is 0 Å². The van der Waals surface area contributed by atoms with Gasteiger partial charge in [0.2, 0.25) is 0 Å². The van der Waals surface area contributed by atoms with E-state index in [-0.39, 0.29) is 11.5 Å². The van der Waals surface area contributed by atoms with Gasteiger partial charge in [-0.1, -0.05) is 96.8 Å². The highest BCUT2D eigenvalue weighted by atomic mass is 16.3. The molecule has 38 heavy (non-hydrogen) atoms. The Morgan fingerprint density at radius 2 is 0.789 bits per heavy atom. The molecule has 0 radical (unpaired) electrons. The molecule has 5 aromatic carbocycles. The summed E-state index contributed by atoms with van der Waals surface area (Å²) in [6.07, 6.45) is 13.1. The average Bonchev–Trinajstić information content (AvgIpc) is 2.95. The number of terminal acetylenes is 2. The minimum absolute atomic E-state index is 0.236. The van der Waals surface area contributed by atoms with E-state index in [9.17, 15) is 10.2 Å². The maximum absolute atomic E-state index is 10.5. The first kappa shape index (κ1) is 24.5. The van der Waals surface area contributed by atoms with Gasteiger partial charge in [0, 0.05) is 22.3 Å². The second kappa shape index (κ2) is 10.8. The number of para-hydroxylation sites is 2. The Morgan fingerprint density at radius 3 is 1.16 bits per heavy atom. The number of hydrogen-bond acceptors (Lipinski definition) is 2. The van der Waals surface area contributed by atoms with Crippen molar-refractivity contribution >= 4 is 0 Å². The van der Waals surface area contributed by atoms with Crippen molar-refractivity contribution in [3.8, 4) is 58.4 Å². The van der Waals surface area contributed by atoms with Crippen molar-refractivity contribution in [3.63, 3.8) is 0 Å². The lowest BCUT2D eigenvalue weighted by Crippen LogP contribution is -2.01. The number of benzene rings is 5. The molecule has 0 atom stereocenters. The third-order valence-electron chi connectivity index (χ3n) is 6.83. The summed E-state index contributed by atoms with van der Waals surface area (Å²) in [4.78, 5) is 0. The number of aromatic hydroxyl groups is 2. The van der Waals surface area contributed by atoms with Crippen molar-refractivity contribution in [2.45, 2.75) is 12.8 Å².